The highest BCUT2D eigenvalue weighted by Crippen LogP contribution is 2.19. The molecule has 0 aliphatic rings. The van der Waals surface area contributed by atoms with Crippen LogP contribution in [0.3, 0.4) is 0 Å². The van der Waals surface area contributed by atoms with Crippen molar-refractivity contribution in [1.29, 1.82) is 0 Å². The van der Waals surface area contributed by atoms with E-state index in [2.05, 4.69) is 31.3 Å². The number of rotatable bonds is 49. The predicted octanol–water partition coefficient (Wildman–Crippen LogP) is 15.8. The van der Waals surface area contributed by atoms with Gasteiger partial charge in [-0.15, -0.1) is 0 Å². The molecule has 7 nitrogen and oxygen atoms in total. The lowest BCUT2D eigenvalue weighted by Crippen LogP contribution is -2.40. The molecule has 7 heteroatoms. The maximum Gasteiger partial charge on any atom is 0.326 e. The summed E-state index contributed by atoms with van der Waals surface area (Å²) in [6.45, 7) is 4.98. The van der Waals surface area contributed by atoms with Crippen molar-refractivity contribution in [3.63, 3.8) is 0 Å². The lowest BCUT2D eigenvalue weighted by molar-refractivity contribution is -0.150. The number of amides is 1. The molecule has 2 unspecified atom stereocenters. The Balaban J connectivity index is 4.25. The van der Waals surface area contributed by atoms with Crippen LogP contribution < -0.4 is 11.1 Å². The van der Waals surface area contributed by atoms with Gasteiger partial charge in [0.2, 0.25) is 5.91 Å². The second-order valence-corrected chi connectivity index (χ2v) is 18.3. The molecule has 0 heterocycles. The predicted molar refractivity (Wildman–Crippen MR) is 258 cm³/mol. The highest BCUT2D eigenvalue weighted by molar-refractivity contribution is 5.83. The summed E-state index contributed by atoms with van der Waals surface area (Å²) in [4.78, 5) is 36.6. The number of nitrogens with two attached hydrogens (primary N) is 1. The molecule has 0 saturated carbocycles. The first-order valence-corrected chi connectivity index (χ1v) is 26.5. The largest absolute Gasteiger partial charge is 0.480 e. The normalized spacial score (nSPS) is 12.6. The number of hydrogen-bond donors (Lipinski definition) is 3. The fourth-order valence-corrected chi connectivity index (χ4v) is 8.33. The summed E-state index contributed by atoms with van der Waals surface area (Å²) in [7, 11) is 0. The molecule has 0 aromatic carbocycles. The van der Waals surface area contributed by atoms with Gasteiger partial charge in [-0.3, -0.25) is 9.59 Å². The topological polar surface area (TPSA) is 119 Å². The summed E-state index contributed by atoms with van der Waals surface area (Å²) in [5.74, 6) is -1.22. The van der Waals surface area contributed by atoms with Crippen molar-refractivity contribution in [2.24, 2.45) is 5.73 Å². The van der Waals surface area contributed by atoms with Crippen LogP contribution in [0.2, 0.25) is 0 Å². The number of aliphatic carboxylic acids is 1. The molecule has 0 rings (SSSR count). The summed E-state index contributed by atoms with van der Waals surface area (Å²) in [5, 5.41) is 12.0. The van der Waals surface area contributed by atoms with E-state index in [1.807, 2.05) is 0 Å². The molecule has 4 N–H and O–H groups in total. The van der Waals surface area contributed by atoms with E-state index in [1.54, 1.807) is 0 Å². The van der Waals surface area contributed by atoms with Crippen LogP contribution in [0.25, 0.3) is 0 Å². The molecule has 60 heavy (non-hydrogen) atoms. The van der Waals surface area contributed by atoms with Gasteiger partial charge in [-0.25, -0.2) is 4.79 Å². The van der Waals surface area contributed by atoms with Gasteiger partial charge in [0.25, 0.3) is 0 Å². The third-order valence-corrected chi connectivity index (χ3v) is 12.3. The molecule has 1 amide bonds. The number of nitrogens with one attached hydrogen (secondary N) is 1. The highest BCUT2D eigenvalue weighted by atomic mass is 16.5. The summed E-state index contributed by atoms with van der Waals surface area (Å²) in [6.07, 6.45) is 55.6. The molecule has 0 aromatic heterocycles. The van der Waals surface area contributed by atoms with Gasteiger partial charge < -0.3 is 20.9 Å². The van der Waals surface area contributed by atoms with Gasteiger partial charge in [0, 0.05) is 12.8 Å². The Hall–Kier alpha value is -1.89. The Morgan fingerprint density at radius 3 is 1.22 bits per heavy atom. The fraction of sp³-hybridized carbons (Fsp3) is 0.906. The maximum atomic E-state index is 12.9. The van der Waals surface area contributed by atoms with E-state index >= 15 is 0 Å². The number of carboxylic acid groups (broad SMARTS) is 1. The highest BCUT2D eigenvalue weighted by Gasteiger charge is 2.19. The van der Waals surface area contributed by atoms with Crippen LogP contribution in [-0.2, 0) is 19.1 Å². The van der Waals surface area contributed by atoms with Crippen LogP contribution in [0, 0.1) is 0 Å². The Morgan fingerprint density at radius 1 is 0.467 bits per heavy atom. The van der Waals surface area contributed by atoms with Crippen molar-refractivity contribution in [3.8, 4) is 0 Å². The number of carboxylic acids is 1. The second-order valence-electron chi connectivity index (χ2n) is 18.3. The third kappa shape index (κ3) is 44.2. The average Bonchev–Trinajstić information content (AvgIpc) is 3.23. The maximum absolute atomic E-state index is 12.9. The van der Waals surface area contributed by atoms with Crippen LogP contribution in [0.5, 0.6) is 0 Å². The van der Waals surface area contributed by atoms with Gasteiger partial charge in [-0.05, 0) is 83.6 Å². The number of ether oxygens (including phenoxy) is 1. The van der Waals surface area contributed by atoms with Crippen molar-refractivity contribution < 1.29 is 24.2 Å². The first-order chi connectivity index (χ1) is 29.4. The molecule has 0 bridgehead atoms. The first-order valence-electron chi connectivity index (χ1n) is 26.5. The minimum Gasteiger partial charge on any atom is -0.480 e. The molecule has 0 spiro atoms. The zero-order valence-corrected chi connectivity index (χ0v) is 40.1. The molecule has 0 fully saturated rings. The molecular formula is C53H102N2O5. The van der Waals surface area contributed by atoms with Gasteiger partial charge in [0.05, 0.1) is 0 Å². The molecule has 0 aliphatic carbocycles. The number of allylic oxidation sites excluding steroid dienone is 2. The van der Waals surface area contributed by atoms with E-state index in [4.69, 9.17) is 10.5 Å². The fourth-order valence-electron chi connectivity index (χ4n) is 8.33. The zero-order valence-electron chi connectivity index (χ0n) is 40.1. The molecule has 2 atom stereocenters. The molecule has 354 valence electrons. The Morgan fingerprint density at radius 2 is 0.817 bits per heavy atom. The van der Waals surface area contributed by atoms with Crippen LogP contribution in [0.1, 0.15) is 290 Å². The quantitative estimate of drug-likeness (QED) is 0.0319. The standard InChI is InChI=1S/C53H102N2O5/c1-3-5-7-9-11-13-15-17-19-20-21-22-24-26-28-30-32-37-41-47-52(57)60-49(43-38-34-31-29-27-25-23-18-16-14-12-10-8-6-4-2)44-39-35-33-36-40-46-51(56)55-50(53(58)59)45-42-48-54/h25,27,49-50H,3-24,26,28-48,54H2,1-2H3,(H,55,56)(H,58,59)/b27-25-. The molecule has 0 radical (unpaired) electrons. The van der Waals surface area contributed by atoms with E-state index in [1.165, 1.54) is 180 Å². The van der Waals surface area contributed by atoms with Crippen LogP contribution in [-0.4, -0.2) is 41.6 Å². The smallest absolute Gasteiger partial charge is 0.326 e. The van der Waals surface area contributed by atoms with Gasteiger partial charge in [0.1, 0.15) is 12.1 Å². The van der Waals surface area contributed by atoms with Crippen molar-refractivity contribution in [2.75, 3.05) is 6.54 Å². The molecule has 0 saturated heterocycles. The first kappa shape index (κ1) is 58.1. The molecular weight excluding hydrogens is 745 g/mol. The monoisotopic (exact) mass is 847 g/mol. The minimum atomic E-state index is -1.00. The summed E-state index contributed by atoms with van der Waals surface area (Å²) < 4.78 is 6.09. The van der Waals surface area contributed by atoms with Crippen LogP contribution in [0.15, 0.2) is 12.2 Å². The summed E-state index contributed by atoms with van der Waals surface area (Å²) in [5.41, 5.74) is 5.50. The van der Waals surface area contributed by atoms with Crippen molar-refractivity contribution >= 4 is 17.8 Å². The average molecular weight is 847 g/mol. The minimum absolute atomic E-state index is 0.00239. The number of carbonyl (C=O) groups is 3. The SMILES string of the molecule is CCCCCCCCCC/C=C\CCCCCC(CCCCCCCC(=O)NC(CCCN)C(=O)O)OC(=O)CCCCCCCCCCCCCCCCCCCCC. The number of hydrogen-bond acceptors (Lipinski definition) is 5. The molecule has 0 aliphatic heterocycles. The van der Waals surface area contributed by atoms with E-state index in [9.17, 15) is 19.5 Å². The third-order valence-electron chi connectivity index (χ3n) is 12.3. The van der Waals surface area contributed by atoms with E-state index in [0.29, 0.717) is 32.2 Å². The van der Waals surface area contributed by atoms with Crippen molar-refractivity contribution in [2.45, 2.75) is 302 Å². The van der Waals surface area contributed by atoms with Gasteiger partial charge in [-0.1, -0.05) is 212 Å². The zero-order chi connectivity index (χ0) is 43.8. The number of unbranched alkanes of at least 4 members (excludes halogenated alkanes) is 33. The van der Waals surface area contributed by atoms with Gasteiger partial charge >= 0.3 is 11.9 Å². The van der Waals surface area contributed by atoms with Crippen LogP contribution in [0.4, 0.5) is 0 Å². The Bertz CT molecular complexity index is 956. The summed E-state index contributed by atoms with van der Waals surface area (Å²) in [6, 6.07) is -0.856. The lowest BCUT2D eigenvalue weighted by Gasteiger charge is -2.18. The van der Waals surface area contributed by atoms with Gasteiger partial charge in [0.15, 0.2) is 0 Å². The Labute approximate surface area is 372 Å². The van der Waals surface area contributed by atoms with Crippen LogP contribution >= 0.6 is 0 Å². The van der Waals surface area contributed by atoms with Crippen molar-refractivity contribution in [1.82, 2.24) is 5.32 Å². The number of carbonyl (C=O) groups excluding carboxylic acids is 2. The Kier molecular flexibility index (Phi) is 46.6. The van der Waals surface area contributed by atoms with E-state index < -0.39 is 12.0 Å². The number of esters is 1. The van der Waals surface area contributed by atoms with E-state index in [0.717, 1.165) is 70.6 Å². The second kappa shape index (κ2) is 48.1. The van der Waals surface area contributed by atoms with E-state index in [-0.39, 0.29) is 18.0 Å². The molecule has 0 aromatic rings. The van der Waals surface area contributed by atoms with Gasteiger partial charge in [-0.2, -0.15) is 0 Å². The van der Waals surface area contributed by atoms with Crippen molar-refractivity contribution in [3.05, 3.63) is 12.2 Å². The summed E-state index contributed by atoms with van der Waals surface area (Å²) >= 11 is 0. The lowest BCUT2D eigenvalue weighted by atomic mass is 10.0.